The largest absolute Gasteiger partial charge is 0.494 e. The molecule has 1 heteroatoms. The maximum absolute atomic E-state index is 5.58. The van der Waals surface area contributed by atoms with Crippen molar-refractivity contribution in [3.05, 3.63) is 66.2 Å². The SMILES string of the molecule is CCCCCc1ccc(-c2ccc3cc(OCC)ccc3c2)cc1. The summed E-state index contributed by atoms with van der Waals surface area (Å²) in [6.07, 6.45) is 5.07. The van der Waals surface area contributed by atoms with Gasteiger partial charge in [0.25, 0.3) is 0 Å². The maximum Gasteiger partial charge on any atom is 0.119 e. The summed E-state index contributed by atoms with van der Waals surface area (Å²) in [5.41, 5.74) is 3.99. The number of hydrogen-bond donors (Lipinski definition) is 0. The Hall–Kier alpha value is -2.28. The Morgan fingerprint density at radius 2 is 1.42 bits per heavy atom. The van der Waals surface area contributed by atoms with E-state index in [1.54, 1.807) is 0 Å². The molecule has 0 saturated heterocycles. The topological polar surface area (TPSA) is 9.23 Å². The molecule has 1 nitrogen and oxygen atoms in total. The monoisotopic (exact) mass is 318 g/mol. The molecular formula is C23H26O. The van der Waals surface area contributed by atoms with Crippen molar-refractivity contribution in [1.29, 1.82) is 0 Å². The molecule has 0 aromatic heterocycles. The molecule has 0 amide bonds. The predicted molar refractivity (Wildman–Crippen MR) is 104 cm³/mol. The number of hydrogen-bond acceptors (Lipinski definition) is 1. The van der Waals surface area contributed by atoms with Crippen molar-refractivity contribution in [2.45, 2.75) is 39.5 Å². The fourth-order valence-electron chi connectivity index (χ4n) is 3.10. The minimum Gasteiger partial charge on any atom is -0.494 e. The van der Waals surface area contributed by atoms with Gasteiger partial charge in [-0.05, 0) is 65.4 Å². The van der Waals surface area contributed by atoms with Crippen LogP contribution in [0.3, 0.4) is 0 Å². The molecule has 3 aromatic rings. The van der Waals surface area contributed by atoms with E-state index in [9.17, 15) is 0 Å². The molecule has 0 aliphatic heterocycles. The van der Waals surface area contributed by atoms with Gasteiger partial charge >= 0.3 is 0 Å². The van der Waals surface area contributed by atoms with E-state index in [1.165, 1.54) is 53.1 Å². The van der Waals surface area contributed by atoms with E-state index < -0.39 is 0 Å². The summed E-state index contributed by atoms with van der Waals surface area (Å²) in [7, 11) is 0. The second kappa shape index (κ2) is 8.01. The summed E-state index contributed by atoms with van der Waals surface area (Å²) in [6, 6.07) is 22.0. The second-order valence-corrected chi connectivity index (χ2v) is 6.31. The van der Waals surface area contributed by atoms with Crippen molar-refractivity contribution < 1.29 is 4.74 Å². The fourth-order valence-corrected chi connectivity index (χ4v) is 3.10. The summed E-state index contributed by atoms with van der Waals surface area (Å²) in [5, 5.41) is 2.48. The summed E-state index contributed by atoms with van der Waals surface area (Å²) in [6.45, 7) is 4.97. The Bertz CT molecular complexity index is 787. The lowest BCUT2D eigenvalue weighted by Crippen LogP contribution is -1.90. The first kappa shape index (κ1) is 16.6. The summed E-state index contributed by atoms with van der Waals surface area (Å²) < 4.78 is 5.58. The van der Waals surface area contributed by atoms with Crippen LogP contribution in [0.15, 0.2) is 60.7 Å². The van der Waals surface area contributed by atoms with Gasteiger partial charge in [0, 0.05) is 0 Å². The number of benzene rings is 3. The molecule has 0 aliphatic rings. The molecule has 0 N–H and O–H groups in total. The van der Waals surface area contributed by atoms with Crippen LogP contribution >= 0.6 is 0 Å². The van der Waals surface area contributed by atoms with Gasteiger partial charge in [0.2, 0.25) is 0 Å². The van der Waals surface area contributed by atoms with Crippen LogP contribution in [0, 0.1) is 0 Å². The van der Waals surface area contributed by atoms with Crippen LogP contribution in [0.2, 0.25) is 0 Å². The van der Waals surface area contributed by atoms with E-state index in [0.717, 1.165) is 5.75 Å². The van der Waals surface area contributed by atoms with E-state index in [2.05, 4.69) is 61.5 Å². The molecule has 0 aliphatic carbocycles. The van der Waals surface area contributed by atoms with Crippen LogP contribution < -0.4 is 4.74 Å². The molecule has 0 bridgehead atoms. The first-order valence-electron chi connectivity index (χ1n) is 9.06. The van der Waals surface area contributed by atoms with Crippen molar-refractivity contribution in [3.8, 4) is 16.9 Å². The number of unbranched alkanes of at least 4 members (excludes halogenated alkanes) is 2. The van der Waals surface area contributed by atoms with Gasteiger partial charge < -0.3 is 4.74 Å². The maximum atomic E-state index is 5.58. The standard InChI is InChI=1S/C23H26O/c1-3-5-6-7-18-8-10-19(11-9-18)20-12-13-22-17-23(24-4-2)15-14-21(22)16-20/h8-17H,3-7H2,1-2H3. The van der Waals surface area contributed by atoms with E-state index in [0.29, 0.717) is 6.61 Å². The van der Waals surface area contributed by atoms with E-state index in [4.69, 9.17) is 4.74 Å². The Morgan fingerprint density at radius 3 is 2.17 bits per heavy atom. The van der Waals surface area contributed by atoms with Gasteiger partial charge in [-0.25, -0.2) is 0 Å². The molecule has 0 heterocycles. The third-order valence-corrected chi connectivity index (χ3v) is 4.48. The Morgan fingerprint density at radius 1 is 0.708 bits per heavy atom. The van der Waals surface area contributed by atoms with Crippen molar-refractivity contribution in [2.24, 2.45) is 0 Å². The van der Waals surface area contributed by atoms with E-state index in [-0.39, 0.29) is 0 Å². The average molecular weight is 318 g/mol. The molecule has 3 aromatic carbocycles. The van der Waals surface area contributed by atoms with Crippen molar-refractivity contribution in [2.75, 3.05) is 6.61 Å². The number of fused-ring (bicyclic) bond motifs is 1. The molecular weight excluding hydrogens is 292 g/mol. The lowest BCUT2D eigenvalue weighted by Gasteiger charge is -2.08. The van der Waals surface area contributed by atoms with Crippen LogP contribution in [-0.2, 0) is 6.42 Å². The molecule has 124 valence electrons. The summed E-state index contributed by atoms with van der Waals surface area (Å²) >= 11 is 0. The second-order valence-electron chi connectivity index (χ2n) is 6.31. The molecule has 0 radical (unpaired) electrons. The lowest BCUT2D eigenvalue weighted by molar-refractivity contribution is 0.341. The zero-order valence-electron chi connectivity index (χ0n) is 14.7. The molecule has 24 heavy (non-hydrogen) atoms. The number of rotatable bonds is 7. The van der Waals surface area contributed by atoms with Gasteiger partial charge in [-0.2, -0.15) is 0 Å². The zero-order valence-corrected chi connectivity index (χ0v) is 14.7. The number of aryl methyl sites for hydroxylation is 1. The normalized spacial score (nSPS) is 10.9. The van der Waals surface area contributed by atoms with Crippen LogP contribution in [0.1, 0.15) is 38.7 Å². The average Bonchev–Trinajstić information content (AvgIpc) is 2.62. The van der Waals surface area contributed by atoms with Crippen LogP contribution in [0.4, 0.5) is 0 Å². The molecule has 0 fully saturated rings. The lowest BCUT2D eigenvalue weighted by atomic mass is 9.99. The first-order valence-corrected chi connectivity index (χ1v) is 9.06. The van der Waals surface area contributed by atoms with E-state index >= 15 is 0 Å². The first-order chi connectivity index (χ1) is 11.8. The minimum absolute atomic E-state index is 0.703. The molecule has 0 unspecified atom stereocenters. The van der Waals surface area contributed by atoms with Gasteiger partial charge in [0.15, 0.2) is 0 Å². The van der Waals surface area contributed by atoms with Gasteiger partial charge in [0.05, 0.1) is 6.61 Å². The van der Waals surface area contributed by atoms with E-state index in [1.807, 2.05) is 13.0 Å². The fraction of sp³-hybridized carbons (Fsp3) is 0.304. The number of ether oxygens (including phenoxy) is 1. The summed E-state index contributed by atoms with van der Waals surface area (Å²) in [4.78, 5) is 0. The van der Waals surface area contributed by atoms with Crippen LogP contribution in [0.5, 0.6) is 5.75 Å². The van der Waals surface area contributed by atoms with Crippen molar-refractivity contribution >= 4 is 10.8 Å². The Labute approximate surface area is 145 Å². The zero-order chi connectivity index (χ0) is 16.8. The summed E-state index contributed by atoms with van der Waals surface area (Å²) in [5.74, 6) is 0.939. The molecule has 0 spiro atoms. The Kier molecular flexibility index (Phi) is 5.53. The van der Waals surface area contributed by atoms with Crippen LogP contribution in [-0.4, -0.2) is 6.61 Å². The highest BCUT2D eigenvalue weighted by atomic mass is 16.5. The van der Waals surface area contributed by atoms with Gasteiger partial charge in [-0.1, -0.05) is 62.2 Å². The minimum atomic E-state index is 0.703. The highest BCUT2D eigenvalue weighted by molar-refractivity contribution is 5.88. The van der Waals surface area contributed by atoms with Crippen LogP contribution in [0.25, 0.3) is 21.9 Å². The van der Waals surface area contributed by atoms with Crippen molar-refractivity contribution in [3.63, 3.8) is 0 Å². The third kappa shape index (κ3) is 3.97. The van der Waals surface area contributed by atoms with Gasteiger partial charge in [0.1, 0.15) is 5.75 Å². The highest BCUT2D eigenvalue weighted by Crippen LogP contribution is 2.27. The smallest absolute Gasteiger partial charge is 0.119 e. The van der Waals surface area contributed by atoms with Crippen molar-refractivity contribution in [1.82, 2.24) is 0 Å². The van der Waals surface area contributed by atoms with Gasteiger partial charge in [-0.15, -0.1) is 0 Å². The molecule has 0 saturated carbocycles. The third-order valence-electron chi connectivity index (χ3n) is 4.48. The quantitative estimate of drug-likeness (QED) is 0.444. The highest BCUT2D eigenvalue weighted by Gasteiger charge is 2.02. The molecule has 0 atom stereocenters. The Balaban J connectivity index is 1.80. The molecule has 3 rings (SSSR count). The van der Waals surface area contributed by atoms with Gasteiger partial charge in [-0.3, -0.25) is 0 Å². The predicted octanol–water partition coefficient (Wildman–Crippen LogP) is 6.64.